The molecule has 0 radical (unpaired) electrons. The minimum Gasteiger partial charge on any atom is -0.490 e. The largest absolute Gasteiger partial charge is 0.490 e. The topological polar surface area (TPSA) is 9.23 Å². The standard InChI is InChI=1S/C24H24O/c1-2-4-15(5-3-1)16-8-10-20(11-9-16)25-22-14-19-13-21(22)24-18-7-6-17(12-18)23(19)24/h1-11,17-19,21-24H,12-14H2. The van der Waals surface area contributed by atoms with E-state index in [1.54, 1.807) is 0 Å². The second-order valence-corrected chi connectivity index (χ2v) is 8.55. The molecule has 1 heteroatoms. The van der Waals surface area contributed by atoms with Crippen molar-refractivity contribution in [3.8, 4) is 16.9 Å². The van der Waals surface area contributed by atoms with E-state index < -0.39 is 0 Å². The van der Waals surface area contributed by atoms with E-state index in [-0.39, 0.29) is 0 Å². The van der Waals surface area contributed by atoms with Gasteiger partial charge in [-0.05, 0) is 78.0 Å². The fraction of sp³-hybridized carbons (Fsp3) is 0.417. The molecule has 1 nitrogen and oxygen atoms in total. The van der Waals surface area contributed by atoms with Gasteiger partial charge in [0.15, 0.2) is 0 Å². The predicted octanol–water partition coefficient (Wildman–Crippen LogP) is 5.58. The van der Waals surface area contributed by atoms with E-state index in [1.807, 2.05) is 0 Å². The van der Waals surface area contributed by atoms with Crippen LogP contribution in [-0.2, 0) is 0 Å². The number of allylic oxidation sites excluding steroid dienone is 2. The normalized spacial score (nSPS) is 39.8. The fourth-order valence-corrected chi connectivity index (χ4v) is 6.62. The summed E-state index contributed by atoms with van der Waals surface area (Å²) in [5.74, 6) is 6.43. The Hall–Kier alpha value is -2.02. The fourth-order valence-electron chi connectivity index (χ4n) is 6.62. The van der Waals surface area contributed by atoms with Crippen molar-refractivity contribution in [1.82, 2.24) is 0 Å². The van der Waals surface area contributed by atoms with Gasteiger partial charge in [-0.2, -0.15) is 0 Å². The van der Waals surface area contributed by atoms with Crippen molar-refractivity contribution in [3.05, 3.63) is 66.7 Å². The van der Waals surface area contributed by atoms with Gasteiger partial charge < -0.3 is 4.74 Å². The van der Waals surface area contributed by atoms with Crippen molar-refractivity contribution < 1.29 is 4.74 Å². The monoisotopic (exact) mass is 328 g/mol. The van der Waals surface area contributed by atoms with Crippen LogP contribution in [0.1, 0.15) is 19.3 Å². The molecule has 4 bridgehead atoms. The maximum atomic E-state index is 6.49. The Kier molecular flexibility index (Phi) is 2.97. The Balaban J connectivity index is 1.20. The number of benzene rings is 2. The maximum Gasteiger partial charge on any atom is 0.119 e. The molecule has 3 fully saturated rings. The van der Waals surface area contributed by atoms with E-state index in [0.717, 1.165) is 41.3 Å². The Labute approximate surface area is 149 Å². The molecule has 7 unspecified atom stereocenters. The highest BCUT2D eigenvalue weighted by atomic mass is 16.5. The van der Waals surface area contributed by atoms with Crippen LogP contribution >= 0.6 is 0 Å². The number of rotatable bonds is 3. The highest BCUT2D eigenvalue weighted by molar-refractivity contribution is 5.63. The first-order chi connectivity index (χ1) is 12.4. The summed E-state index contributed by atoms with van der Waals surface area (Å²) in [6, 6.07) is 19.3. The Morgan fingerprint density at radius 3 is 2.20 bits per heavy atom. The third-order valence-electron chi connectivity index (χ3n) is 7.46. The van der Waals surface area contributed by atoms with Gasteiger partial charge in [-0.1, -0.05) is 54.6 Å². The number of hydrogen-bond acceptors (Lipinski definition) is 1. The first-order valence-corrected chi connectivity index (χ1v) is 9.87. The molecule has 0 saturated heterocycles. The minimum atomic E-state index is 0.446. The third-order valence-corrected chi connectivity index (χ3v) is 7.46. The smallest absolute Gasteiger partial charge is 0.119 e. The molecule has 3 saturated carbocycles. The zero-order chi connectivity index (χ0) is 16.4. The van der Waals surface area contributed by atoms with E-state index in [4.69, 9.17) is 4.74 Å². The van der Waals surface area contributed by atoms with Crippen molar-refractivity contribution in [3.63, 3.8) is 0 Å². The third kappa shape index (κ3) is 2.08. The van der Waals surface area contributed by atoms with E-state index in [2.05, 4.69) is 66.7 Å². The van der Waals surface area contributed by atoms with E-state index in [1.165, 1.54) is 30.4 Å². The first-order valence-electron chi connectivity index (χ1n) is 9.87. The Morgan fingerprint density at radius 1 is 0.680 bits per heavy atom. The second kappa shape index (κ2) is 5.24. The highest BCUT2D eigenvalue weighted by Gasteiger charge is 2.61. The molecule has 2 aromatic rings. The average Bonchev–Trinajstić information content (AvgIpc) is 3.42. The molecule has 6 rings (SSSR count). The van der Waals surface area contributed by atoms with Crippen LogP contribution in [0.2, 0.25) is 0 Å². The molecule has 0 amide bonds. The molecule has 126 valence electrons. The van der Waals surface area contributed by atoms with Crippen LogP contribution in [-0.4, -0.2) is 6.10 Å². The zero-order valence-corrected chi connectivity index (χ0v) is 14.4. The Bertz CT molecular complexity index is 806. The van der Waals surface area contributed by atoms with Crippen molar-refractivity contribution in [2.75, 3.05) is 0 Å². The predicted molar refractivity (Wildman–Crippen MR) is 100 cm³/mol. The summed E-state index contributed by atoms with van der Waals surface area (Å²) < 4.78 is 6.49. The molecular formula is C24H24O. The molecule has 0 heterocycles. The Morgan fingerprint density at radius 2 is 1.40 bits per heavy atom. The lowest BCUT2D eigenvalue weighted by molar-refractivity contribution is 0.0665. The van der Waals surface area contributed by atoms with Gasteiger partial charge in [0.25, 0.3) is 0 Å². The quantitative estimate of drug-likeness (QED) is 0.528. The van der Waals surface area contributed by atoms with Gasteiger partial charge in [-0.15, -0.1) is 0 Å². The molecule has 0 N–H and O–H groups in total. The summed E-state index contributed by atoms with van der Waals surface area (Å²) in [5.41, 5.74) is 2.53. The summed E-state index contributed by atoms with van der Waals surface area (Å²) >= 11 is 0. The molecule has 0 aromatic heterocycles. The lowest BCUT2D eigenvalue weighted by Crippen LogP contribution is -2.36. The van der Waals surface area contributed by atoms with Crippen LogP contribution in [0, 0.1) is 35.5 Å². The van der Waals surface area contributed by atoms with Gasteiger partial charge in [-0.25, -0.2) is 0 Å². The summed E-state index contributed by atoms with van der Waals surface area (Å²) in [6.07, 6.45) is 9.60. The SMILES string of the molecule is C1=CC2CC1C1C3CC(Oc4ccc(-c5ccccc5)cc4)C(C3)C21. The molecule has 25 heavy (non-hydrogen) atoms. The van der Waals surface area contributed by atoms with Crippen LogP contribution in [0.5, 0.6) is 5.75 Å². The molecule has 4 aliphatic carbocycles. The van der Waals surface area contributed by atoms with Crippen LogP contribution in [0.15, 0.2) is 66.7 Å². The summed E-state index contributed by atoms with van der Waals surface area (Å²) in [7, 11) is 0. The van der Waals surface area contributed by atoms with Crippen LogP contribution in [0.25, 0.3) is 11.1 Å². The van der Waals surface area contributed by atoms with Gasteiger partial charge in [-0.3, -0.25) is 0 Å². The molecule has 2 aromatic carbocycles. The average molecular weight is 328 g/mol. The van der Waals surface area contributed by atoms with Crippen molar-refractivity contribution in [2.45, 2.75) is 25.4 Å². The minimum absolute atomic E-state index is 0.446. The van der Waals surface area contributed by atoms with Gasteiger partial charge in [0, 0.05) is 0 Å². The maximum absolute atomic E-state index is 6.49. The van der Waals surface area contributed by atoms with Crippen molar-refractivity contribution in [2.24, 2.45) is 35.5 Å². The first kappa shape index (κ1) is 14.2. The lowest BCUT2D eigenvalue weighted by Gasteiger charge is -2.36. The van der Waals surface area contributed by atoms with E-state index >= 15 is 0 Å². The van der Waals surface area contributed by atoms with E-state index in [0.29, 0.717) is 6.10 Å². The number of fused-ring (bicyclic) bond motifs is 9. The number of hydrogen-bond donors (Lipinski definition) is 0. The molecule has 7 atom stereocenters. The lowest BCUT2D eigenvalue weighted by atomic mass is 9.72. The van der Waals surface area contributed by atoms with E-state index in [9.17, 15) is 0 Å². The van der Waals surface area contributed by atoms with Gasteiger partial charge in [0.1, 0.15) is 11.9 Å². The van der Waals surface area contributed by atoms with Gasteiger partial charge in [0.05, 0.1) is 0 Å². The summed E-state index contributed by atoms with van der Waals surface area (Å²) in [5, 5.41) is 0. The van der Waals surface area contributed by atoms with Gasteiger partial charge in [0.2, 0.25) is 0 Å². The highest BCUT2D eigenvalue weighted by Crippen LogP contribution is 2.65. The molecule has 0 aliphatic heterocycles. The summed E-state index contributed by atoms with van der Waals surface area (Å²) in [4.78, 5) is 0. The molecular weight excluding hydrogens is 304 g/mol. The molecule has 4 aliphatic rings. The van der Waals surface area contributed by atoms with Crippen LogP contribution < -0.4 is 4.74 Å². The van der Waals surface area contributed by atoms with Crippen molar-refractivity contribution >= 4 is 0 Å². The van der Waals surface area contributed by atoms with Gasteiger partial charge >= 0.3 is 0 Å². The van der Waals surface area contributed by atoms with Crippen LogP contribution in [0.4, 0.5) is 0 Å². The number of ether oxygens (including phenoxy) is 1. The zero-order valence-electron chi connectivity index (χ0n) is 14.4. The molecule has 0 spiro atoms. The summed E-state index contributed by atoms with van der Waals surface area (Å²) in [6.45, 7) is 0. The van der Waals surface area contributed by atoms with Crippen molar-refractivity contribution in [1.29, 1.82) is 0 Å². The van der Waals surface area contributed by atoms with Crippen LogP contribution in [0.3, 0.4) is 0 Å². The second-order valence-electron chi connectivity index (χ2n) is 8.55.